The first kappa shape index (κ1) is 22.7. The van der Waals surface area contributed by atoms with Gasteiger partial charge in [-0.05, 0) is 61.7 Å². The van der Waals surface area contributed by atoms with Crippen LogP contribution in [0.2, 0.25) is 0 Å². The van der Waals surface area contributed by atoms with Crippen molar-refractivity contribution in [3.05, 3.63) is 64.7 Å². The molecule has 1 N–H and O–H groups in total. The molecule has 0 radical (unpaired) electrons. The number of alkyl halides is 3. The lowest BCUT2D eigenvalue weighted by atomic mass is 10.0. The van der Waals surface area contributed by atoms with Crippen LogP contribution < -0.4 is 9.62 Å². The molecular formula is C20H23F3N2O3S. The van der Waals surface area contributed by atoms with Gasteiger partial charge in [-0.25, -0.2) is 8.42 Å². The number of carbonyl (C=O) groups excluding carboxylic acids is 1. The first-order valence-electron chi connectivity index (χ1n) is 8.80. The molecule has 0 unspecified atom stereocenters. The third-order valence-electron chi connectivity index (χ3n) is 4.58. The Kier molecular flexibility index (Phi) is 6.62. The van der Waals surface area contributed by atoms with Gasteiger partial charge in [0.2, 0.25) is 15.9 Å². The summed E-state index contributed by atoms with van der Waals surface area (Å²) in [7, 11) is -3.88. The maximum atomic E-state index is 12.7. The van der Waals surface area contributed by atoms with E-state index in [-0.39, 0.29) is 11.7 Å². The summed E-state index contributed by atoms with van der Waals surface area (Å²) in [6.07, 6.45) is -3.64. The van der Waals surface area contributed by atoms with Gasteiger partial charge < -0.3 is 5.32 Å². The van der Waals surface area contributed by atoms with Crippen LogP contribution in [0.5, 0.6) is 0 Å². The Hall–Kier alpha value is -2.55. The Morgan fingerprint density at radius 1 is 1.07 bits per heavy atom. The molecule has 0 aliphatic carbocycles. The minimum atomic E-state index is -4.53. The van der Waals surface area contributed by atoms with E-state index in [1.54, 1.807) is 6.92 Å². The van der Waals surface area contributed by atoms with Crippen LogP contribution in [0.3, 0.4) is 0 Å². The number of rotatable bonds is 6. The molecule has 5 nitrogen and oxygen atoms in total. The molecule has 1 amide bonds. The summed E-state index contributed by atoms with van der Waals surface area (Å²) in [5.74, 6) is -0.568. The van der Waals surface area contributed by atoms with Crippen molar-refractivity contribution >= 4 is 21.6 Å². The summed E-state index contributed by atoms with van der Waals surface area (Å²) in [5.41, 5.74) is 2.11. The lowest BCUT2D eigenvalue weighted by Crippen LogP contribution is -2.41. The fourth-order valence-electron chi connectivity index (χ4n) is 2.75. The quantitative estimate of drug-likeness (QED) is 0.757. The molecule has 2 rings (SSSR count). The van der Waals surface area contributed by atoms with Gasteiger partial charge in [0.1, 0.15) is 6.54 Å². The number of halogens is 3. The highest BCUT2D eigenvalue weighted by molar-refractivity contribution is 7.92. The van der Waals surface area contributed by atoms with E-state index in [1.165, 1.54) is 0 Å². The highest BCUT2D eigenvalue weighted by Gasteiger charge is 2.31. The maximum absolute atomic E-state index is 12.7. The molecule has 0 saturated carbocycles. The summed E-state index contributed by atoms with van der Waals surface area (Å²) in [4.78, 5) is 12.4. The number of hydrogen-bond donors (Lipinski definition) is 1. The van der Waals surface area contributed by atoms with Gasteiger partial charge in [0.15, 0.2) is 0 Å². The second-order valence-corrected chi connectivity index (χ2v) is 8.85. The third kappa shape index (κ3) is 5.96. The van der Waals surface area contributed by atoms with Crippen molar-refractivity contribution < 1.29 is 26.4 Å². The first-order valence-corrected chi connectivity index (χ1v) is 10.7. The van der Waals surface area contributed by atoms with Crippen molar-refractivity contribution in [2.75, 3.05) is 17.1 Å². The van der Waals surface area contributed by atoms with Gasteiger partial charge in [-0.3, -0.25) is 9.10 Å². The van der Waals surface area contributed by atoms with Crippen molar-refractivity contribution in [3.8, 4) is 0 Å². The van der Waals surface area contributed by atoms with Gasteiger partial charge in [0, 0.05) is 0 Å². The van der Waals surface area contributed by atoms with Crippen molar-refractivity contribution in [1.29, 1.82) is 0 Å². The summed E-state index contributed by atoms with van der Waals surface area (Å²) in [5, 5.41) is 2.73. The maximum Gasteiger partial charge on any atom is 0.416 e. The number of nitrogens with zero attached hydrogens (tertiary/aromatic N) is 1. The zero-order chi connectivity index (χ0) is 22.0. The van der Waals surface area contributed by atoms with Crippen LogP contribution in [-0.2, 0) is 21.0 Å². The molecule has 9 heteroatoms. The Morgan fingerprint density at radius 3 is 2.14 bits per heavy atom. The molecule has 1 atom stereocenters. The van der Waals surface area contributed by atoms with E-state index in [0.717, 1.165) is 51.5 Å². The summed E-state index contributed by atoms with van der Waals surface area (Å²) in [6, 6.07) is 9.00. The molecule has 2 aromatic carbocycles. The zero-order valence-corrected chi connectivity index (χ0v) is 17.4. The molecule has 0 aliphatic heterocycles. The van der Waals surface area contributed by atoms with Crippen LogP contribution in [0.15, 0.2) is 42.5 Å². The van der Waals surface area contributed by atoms with Gasteiger partial charge in [-0.2, -0.15) is 13.2 Å². The van der Waals surface area contributed by atoms with Crippen molar-refractivity contribution in [2.45, 2.75) is 33.0 Å². The number of nitrogens with one attached hydrogen (secondary N) is 1. The number of benzene rings is 2. The second kappa shape index (κ2) is 8.44. The fraction of sp³-hybridized carbons (Fsp3) is 0.350. The van der Waals surface area contributed by atoms with E-state index in [4.69, 9.17) is 0 Å². The van der Waals surface area contributed by atoms with E-state index in [2.05, 4.69) is 5.32 Å². The molecule has 158 valence electrons. The van der Waals surface area contributed by atoms with Gasteiger partial charge in [0.25, 0.3) is 0 Å². The van der Waals surface area contributed by atoms with Crippen molar-refractivity contribution in [1.82, 2.24) is 5.32 Å². The average Bonchev–Trinajstić information content (AvgIpc) is 2.60. The van der Waals surface area contributed by atoms with Crippen LogP contribution in [0.4, 0.5) is 18.9 Å². The minimum absolute atomic E-state index is 0.0190. The van der Waals surface area contributed by atoms with E-state index < -0.39 is 34.2 Å². The summed E-state index contributed by atoms with van der Waals surface area (Å²) >= 11 is 0. The predicted octanol–water partition coefficient (Wildman–Crippen LogP) is 3.97. The monoisotopic (exact) mass is 428 g/mol. The van der Waals surface area contributed by atoms with E-state index in [9.17, 15) is 26.4 Å². The second-order valence-electron chi connectivity index (χ2n) is 6.95. The molecule has 0 aliphatic rings. The number of amides is 1. The van der Waals surface area contributed by atoms with Crippen LogP contribution in [0.25, 0.3) is 0 Å². The van der Waals surface area contributed by atoms with Crippen molar-refractivity contribution in [2.24, 2.45) is 0 Å². The van der Waals surface area contributed by atoms with Crippen molar-refractivity contribution in [3.63, 3.8) is 0 Å². The summed E-state index contributed by atoms with van der Waals surface area (Å²) < 4.78 is 63.2. The van der Waals surface area contributed by atoms with Crippen LogP contribution in [0, 0.1) is 13.8 Å². The van der Waals surface area contributed by atoms with Crippen LogP contribution >= 0.6 is 0 Å². The Bertz CT molecular complexity index is 987. The fourth-order valence-corrected chi connectivity index (χ4v) is 3.61. The highest BCUT2D eigenvalue weighted by atomic mass is 32.2. The number of hydrogen-bond acceptors (Lipinski definition) is 3. The number of sulfonamides is 1. The highest BCUT2D eigenvalue weighted by Crippen LogP contribution is 2.31. The molecule has 0 fully saturated rings. The van der Waals surface area contributed by atoms with E-state index >= 15 is 0 Å². The molecule has 0 bridgehead atoms. The molecule has 2 aromatic rings. The Labute approximate surface area is 168 Å². The standard InChI is InChI=1S/C20H23F3N2O3S/c1-13-5-6-16(11-14(13)2)15(3)24-19(26)12-25(29(4,27)28)18-9-7-17(8-10-18)20(21,22)23/h5-11,15H,12H2,1-4H3,(H,24,26)/t15-/m0/s1. The lowest BCUT2D eigenvalue weighted by molar-refractivity contribution is -0.137. The Balaban J connectivity index is 2.18. The average molecular weight is 428 g/mol. The normalized spacial score (nSPS) is 13.1. The number of anilines is 1. The largest absolute Gasteiger partial charge is 0.416 e. The first-order chi connectivity index (χ1) is 13.3. The van der Waals surface area contributed by atoms with Crippen LogP contribution in [-0.4, -0.2) is 27.1 Å². The van der Waals surface area contributed by atoms with Gasteiger partial charge in [-0.1, -0.05) is 18.2 Å². The predicted molar refractivity (Wildman–Crippen MR) is 106 cm³/mol. The molecule has 0 heterocycles. The van der Waals surface area contributed by atoms with E-state index in [1.807, 2.05) is 32.0 Å². The summed E-state index contributed by atoms with van der Waals surface area (Å²) in [6.45, 7) is 5.14. The molecule has 0 saturated heterocycles. The third-order valence-corrected chi connectivity index (χ3v) is 5.72. The van der Waals surface area contributed by atoms with E-state index in [0.29, 0.717) is 0 Å². The molecule has 29 heavy (non-hydrogen) atoms. The minimum Gasteiger partial charge on any atom is -0.348 e. The Morgan fingerprint density at radius 2 is 1.66 bits per heavy atom. The van der Waals surface area contributed by atoms with Gasteiger partial charge in [-0.15, -0.1) is 0 Å². The lowest BCUT2D eigenvalue weighted by Gasteiger charge is -2.24. The zero-order valence-electron chi connectivity index (χ0n) is 16.5. The number of aryl methyl sites for hydroxylation is 2. The topological polar surface area (TPSA) is 66.5 Å². The number of carbonyl (C=O) groups is 1. The smallest absolute Gasteiger partial charge is 0.348 e. The van der Waals surface area contributed by atoms with Gasteiger partial charge in [0.05, 0.1) is 23.5 Å². The SMILES string of the molecule is Cc1ccc([C@H](C)NC(=O)CN(c2ccc(C(F)(F)F)cc2)S(C)(=O)=O)cc1C. The van der Waals surface area contributed by atoms with Crippen LogP contribution in [0.1, 0.15) is 35.2 Å². The molecular weight excluding hydrogens is 405 g/mol. The molecule has 0 spiro atoms. The van der Waals surface area contributed by atoms with Gasteiger partial charge >= 0.3 is 6.18 Å². The molecule has 0 aromatic heterocycles.